The molecule has 0 saturated heterocycles. The van der Waals surface area contributed by atoms with Crippen molar-refractivity contribution < 1.29 is 31.7 Å². The van der Waals surface area contributed by atoms with E-state index in [1.165, 1.54) is 0 Å². The monoisotopic (exact) mass is 862 g/mol. The lowest BCUT2D eigenvalue weighted by atomic mass is 10.1. The number of ether oxygens (including phenoxy) is 1. The first-order valence-corrected chi connectivity index (χ1v) is 32.0. The zero-order valence-electron chi connectivity index (χ0n) is 39.0. The van der Waals surface area contributed by atoms with Crippen LogP contribution in [0.1, 0.15) is 93.4 Å². The Morgan fingerprint density at radius 2 is 0.914 bits per heavy atom. The number of benzene rings is 3. The summed E-state index contributed by atoms with van der Waals surface area (Å²) in [6.07, 6.45) is 0. The van der Waals surface area contributed by atoms with Gasteiger partial charge in [0.15, 0.2) is 5.76 Å². The van der Waals surface area contributed by atoms with Crippen molar-refractivity contribution >= 4 is 50.2 Å². The largest absolute Gasteiger partial charge is 0.541 e. The van der Waals surface area contributed by atoms with E-state index >= 15 is 0 Å². The summed E-state index contributed by atoms with van der Waals surface area (Å²) in [6, 6.07) is 17.7. The van der Waals surface area contributed by atoms with E-state index in [1.54, 1.807) is 36.4 Å². The Labute approximate surface area is 352 Å². The van der Waals surface area contributed by atoms with E-state index in [0.29, 0.717) is 34.1 Å². The third kappa shape index (κ3) is 10.0. The Morgan fingerprint density at radius 1 is 0.517 bits per heavy atom. The fourth-order valence-corrected chi connectivity index (χ4v) is 8.95. The van der Waals surface area contributed by atoms with Crippen LogP contribution in [0.15, 0.2) is 69.9 Å². The van der Waals surface area contributed by atoms with Crippen molar-refractivity contribution in [3.8, 4) is 40.1 Å². The van der Waals surface area contributed by atoms with Crippen LogP contribution in [0, 0.1) is 0 Å². The molecular weight excluding hydrogens is 793 g/mol. The first-order chi connectivity index (χ1) is 26.1. The lowest BCUT2D eigenvalue weighted by Gasteiger charge is -2.40. The van der Waals surface area contributed by atoms with Crippen LogP contribution in [-0.4, -0.2) is 39.2 Å². The van der Waals surface area contributed by atoms with E-state index in [-0.39, 0.29) is 42.6 Å². The SMILES string of the molecule is CC(C)(C)[Si](C)(C)Oc1ccc(-c2oc3cc(O[Si](C)(C)C(C)(C)C)c(O[Si](C)(C)C(C)(C)C)cc3c(=O)c2OC(=O)c2ccccc2)cc1O[Si](C)(C)C(C)(C)C. The number of hydrogen-bond acceptors (Lipinski definition) is 8. The molecule has 58 heavy (non-hydrogen) atoms. The average molecular weight is 863 g/mol. The molecule has 0 N–H and O–H groups in total. The predicted molar refractivity (Wildman–Crippen MR) is 251 cm³/mol. The van der Waals surface area contributed by atoms with E-state index in [0.717, 1.165) is 0 Å². The molecule has 0 amide bonds. The quantitative estimate of drug-likeness (QED) is 0.109. The molecule has 0 bridgehead atoms. The highest BCUT2D eigenvalue weighted by Gasteiger charge is 2.44. The molecule has 4 rings (SSSR count). The molecule has 0 unspecified atom stereocenters. The van der Waals surface area contributed by atoms with Gasteiger partial charge in [0.2, 0.25) is 11.2 Å². The molecule has 4 aromatic rings. The van der Waals surface area contributed by atoms with Crippen molar-refractivity contribution in [2.24, 2.45) is 0 Å². The van der Waals surface area contributed by atoms with Gasteiger partial charge in [-0.2, -0.15) is 0 Å². The van der Waals surface area contributed by atoms with Crippen LogP contribution in [-0.2, 0) is 0 Å². The summed E-state index contributed by atoms with van der Waals surface area (Å²) in [5.41, 5.74) is 0.574. The minimum absolute atomic E-state index is 0.0682. The minimum atomic E-state index is -2.43. The van der Waals surface area contributed by atoms with Crippen molar-refractivity contribution in [3.63, 3.8) is 0 Å². The predicted octanol–water partition coefficient (Wildman–Crippen LogP) is 14.2. The summed E-state index contributed by atoms with van der Waals surface area (Å²) in [5.74, 6) is 1.36. The highest BCUT2D eigenvalue weighted by molar-refractivity contribution is 6.76. The Balaban J connectivity index is 2.10. The van der Waals surface area contributed by atoms with Crippen LogP contribution < -0.4 is 27.9 Å². The zero-order chi connectivity index (χ0) is 44.2. The molecule has 0 radical (unpaired) electrons. The average Bonchev–Trinajstić information content (AvgIpc) is 3.05. The summed E-state index contributed by atoms with van der Waals surface area (Å²) >= 11 is 0. The number of rotatable bonds is 11. The van der Waals surface area contributed by atoms with Gasteiger partial charge in [-0.25, -0.2) is 4.79 Å². The van der Waals surface area contributed by atoms with Gasteiger partial charge in [0.1, 0.15) is 28.6 Å². The lowest BCUT2D eigenvalue weighted by molar-refractivity contribution is 0.0731. The van der Waals surface area contributed by atoms with Gasteiger partial charge in [0.25, 0.3) is 33.3 Å². The van der Waals surface area contributed by atoms with Gasteiger partial charge < -0.3 is 26.9 Å². The molecule has 0 fully saturated rings. The van der Waals surface area contributed by atoms with Gasteiger partial charge in [-0.15, -0.1) is 0 Å². The highest BCUT2D eigenvalue weighted by atomic mass is 28.4. The van der Waals surface area contributed by atoms with Gasteiger partial charge in [-0.3, -0.25) is 4.79 Å². The second-order valence-electron chi connectivity index (χ2n) is 21.8. The molecule has 0 aliphatic heterocycles. The third-order valence-electron chi connectivity index (χ3n) is 13.0. The molecule has 0 spiro atoms. The Morgan fingerprint density at radius 3 is 1.34 bits per heavy atom. The topological polar surface area (TPSA) is 93.4 Å². The Bertz CT molecular complexity index is 2190. The molecular formula is C46H70O8Si4. The van der Waals surface area contributed by atoms with Crippen LogP contribution >= 0.6 is 0 Å². The number of fused-ring (bicyclic) bond motifs is 1. The molecule has 0 saturated carbocycles. The number of hydrogen-bond donors (Lipinski definition) is 0. The van der Waals surface area contributed by atoms with Gasteiger partial charge in [-0.05, 0) is 109 Å². The van der Waals surface area contributed by atoms with Crippen molar-refractivity contribution in [3.05, 3.63) is 76.5 Å². The molecule has 3 aromatic carbocycles. The maximum Gasteiger partial charge on any atom is 0.343 e. The lowest BCUT2D eigenvalue weighted by Crippen LogP contribution is -2.45. The van der Waals surface area contributed by atoms with Crippen molar-refractivity contribution in [2.45, 2.75) is 156 Å². The summed E-state index contributed by atoms with van der Waals surface area (Å²) in [4.78, 5) is 28.7. The molecule has 1 aromatic heterocycles. The van der Waals surface area contributed by atoms with E-state index in [9.17, 15) is 9.59 Å². The van der Waals surface area contributed by atoms with E-state index in [4.69, 9.17) is 26.9 Å². The van der Waals surface area contributed by atoms with Crippen molar-refractivity contribution in [2.75, 3.05) is 0 Å². The molecule has 0 atom stereocenters. The standard InChI is InChI=1S/C46H70O8Si4/c1-43(2,3)55(13,14)51-34-27-26-32(28-36(34)52-56(15,16)44(4,5)6)40-41(50-42(48)31-24-22-21-23-25-31)39(47)33-29-37(53-57(17,18)45(7,8)9)38(30-35(33)49-40)54-58(19,20)46(10,11)12/h21-30H,1-20H3. The molecule has 0 aliphatic rings. The van der Waals surface area contributed by atoms with Gasteiger partial charge in [-0.1, -0.05) is 101 Å². The summed E-state index contributed by atoms with van der Waals surface area (Å²) in [6.45, 7) is 43.7. The summed E-state index contributed by atoms with van der Waals surface area (Å²) in [5, 5.41) is -0.223. The van der Waals surface area contributed by atoms with Crippen LogP contribution in [0.3, 0.4) is 0 Å². The van der Waals surface area contributed by atoms with Gasteiger partial charge in [0.05, 0.1) is 10.9 Å². The molecule has 0 aliphatic carbocycles. The highest BCUT2D eigenvalue weighted by Crippen LogP contribution is 2.48. The van der Waals surface area contributed by atoms with Gasteiger partial charge >= 0.3 is 5.97 Å². The van der Waals surface area contributed by atoms with E-state index < -0.39 is 44.7 Å². The molecule has 12 heteroatoms. The summed E-state index contributed by atoms with van der Waals surface area (Å²) < 4.78 is 40.6. The summed E-state index contributed by atoms with van der Waals surface area (Å²) in [7, 11) is -9.56. The number of carbonyl (C=O) groups is 1. The number of carbonyl (C=O) groups excluding carboxylic acids is 1. The van der Waals surface area contributed by atoms with Crippen LogP contribution in [0.25, 0.3) is 22.3 Å². The van der Waals surface area contributed by atoms with E-state index in [1.807, 2.05) is 24.3 Å². The fraction of sp³-hybridized carbons (Fsp3) is 0.522. The normalized spacial score (nSPS) is 13.7. The van der Waals surface area contributed by atoms with Crippen LogP contribution in [0.5, 0.6) is 28.7 Å². The minimum Gasteiger partial charge on any atom is -0.541 e. The Kier molecular flexibility index (Phi) is 12.8. The molecule has 318 valence electrons. The fourth-order valence-electron chi connectivity index (χ4n) is 4.88. The maximum atomic E-state index is 14.9. The Hall–Kier alpha value is -3.59. The van der Waals surface area contributed by atoms with Gasteiger partial charge in [0, 0.05) is 11.6 Å². The van der Waals surface area contributed by atoms with Crippen LogP contribution in [0.2, 0.25) is 72.5 Å². The number of esters is 1. The first kappa shape index (κ1) is 47.1. The maximum absolute atomic E-state index is 14.9. The smallest absolute Gasteiger partial charge is 0.343 e. The second kappa shape index (κ2) is 15.8. The third-order valence-corrected chi connectivity index (χ3v) is 30.4. The van der Waals surface area contributed by atoms with Crippen LogP contribution in [0.4, 0.5) is 0 Å². The van der Waals surface area contributed by atoms with E-state index in [2.05, 4.69) is 135 Å². The zero-order valence-corrected chi connectivity index (χ0v) is 43.0. The molecule has 8 nitrogen and oxygen atoms in total. The molecule has 1 heterocycles. The first-order valence-electron chi connectivity index (χ1n) is 20.4. The van der Waals surface area contributed by atoms with Crippen molar-refractivity contribution in [1.82, 2.24) is 0 Å². The second-order valence-corrected chi connectivity index (χ2v) is 40.7. The van der Waals surface area contributed by atoms with Crippen molar-refractivity contribution in [1.29, 1.82) is 0 Å².